The van der Waals surface area contributed by atoms with Crippen molar-refractivity contribution >= 4 is 47.7 Å². The van der Waals surface area contributed by atoms with Gasteiger partial charge in [0.2, 0.25) is 0 Å². The van der Waals surface area contributed by atoms with Gasteiger partial charge in [-0.2, -0.15) is 0 Å². The molecule has 0 atom stereocenters. The number of anilines is 1. The number of benzene rings is 1. The lowest BCUT2D eigenvalue weighted by Gasteiger charge is -2.09. The van der Waals surface area contributed by atoms with Crippen molar-refractivity contribution in [3.8, 4) is 0 Å². The Bertz CT molecular complexity index is 717. The van der Waals surface area contributed by atoms with Crippen LogP contribution in [0.3, 0.4) is 0 Å². The summed E-state index contributed by atoms with van der Waals surface area (Å²) < 4.78 is 28.2. The van der Waals surface area contributed by atoms with Crippen molar-refractivity contribution in [3.63, 3.8) is 0 Å². The van der Waals surface area contributed by atoms with E-state index in [2.05, 4.69) is 41.6 Å². The minimum absolute atomic E-state index is 0.177. The van der Waals surface area contributed by atoms with E-state index in [1.165, 1.54) is 12.1 Å². The fourth-order valence-corrected chi connectivity index (χ4v) is 3.75. The Balaban J connectivity index is 2.36. The second-order valence-corrected chi connectivity index (χ2v) is 7.36. The van der Waals surface area contributed by atoms with Gasteiger partial charge in [0.1, 0.15) is 0 Å². The highest BCUT2D eigenvalue weighted by Crippen LogP contribution is 2.24. The minimum Gasteiger partial charge on any atom is -0.262 e. The van der Waals surface area contributed by atoms with Crippen molar-refractivity contribution in [1.82, 2.24) is 4.98 Å². The summed E-state index contributed by atoms with van der Waals surface area (Å²) in [5.41, 5.74) is 0.942. The van der Waals surface area contributed by atoms with Crippen molar-refractivity contribution < 1.29 is 8.42 Å². The first-order valence-corrected chi connectivity index (χ1v) is 8.36. The van der Waals surface area contributed by atoms with Gasteiger partial charge in [0.25, 0.3) is 10.0 Å². The highest BCUT2D eigenvalue weighted by molar-refractivity contribution is 9.10. The molecule has 2 rings (SSSR count). The van der Waals surface area contributed by atoms with Gasteiger partial charge in [-0.05, 0) is 52.7 Å². The second-order valence-electron chi connectivity index (χ2n) is 3.91. The molecule has 0 spiro atoms. The lowest BCUT2D eigenvalue weighted by atomic mass is 10.3. The van der Waals surface area contributed by atoms with Crippen molar-refractivity contribution in [2.45, 2.75) is 11.8 Å². The highest BCUT2D eigenvalue weighted by atomic mass is 79.9. The molecule has 0 fully saturated rings. The fourth-order valence-electron chi connectivity index (χ4n) is 1.43. The number of nitrogens with zero attached hydrogens (tertiary/aromatic N) is 1. The Labute approximate surface area is 128 Å². The SMILES string of the molecule is Cc1cnc(NS(=O)(=O)c2cccc(Br)c2)c(Br)c1. The Kier molecular flexibility index (Phi) is 4.27. The third-order valence-corrected chi connectivity index (χ3v) is 4.75. The van der Waals surface area contributed by atoms with E-state index in [1.807, 2.05) is 6.92 Å². The largest absolute Gasteiger partial charge is 0.263 e. The second kappa shape index (κ2) is 5.60. The van der Waals surface area contributed by atoms with E-state index in [9.17, 15) is 8.42 Å². The van der Waals surface area contributed by atoms with E-state index >= 15 is 0 Å². The van der Waals surface area contributed by atoms with E-state index in [4.69, 9.17) is 0 Å². The topological polar surface area (TPSA) is 59.1 Å². The lowest BCUT2D eigenvalue weighted by Crippen LogP contribution is -2.14. The maximum Gasteiger partial charge on any atom is 0.263 e. The molecule has 7 heteroatoms. The summed E-state index contributed by atoms with van der Waals surface area (Å²) in [6.45, 7) is 1.88. The van der Waals surface area contributed by atoms with Crippen LogP contribution in [0, 0.1) is 6.92 Å². The van der Waals surface area contributed by atoms with Crippen molar-refractivity contribution in [3.05, 3.63) is 51.0 Å². The van der Waals surface area contributed by atoms with Crippen LogP contribution < -0.4 is 4.72 Å². The molecule has 2 aromatic rings. The van der Waals surface area contributed by atoms with Crippen LogP contribution in [0.25, 0.3) is 0 Å². The molecule has 1 N–H and O–H groups in total. The molecule has 1 aromatic carbocycles. The predicted molar refractivity (Wildman–Crippen MR) is 81.6 cm³/mol. The minimum atomic E-state index is -3.64. The Morgan fingerprint density at radius 3 is 2.58 bits per heavy atom. The van der Waals surface area contributed by atoms with Crippen LogP contribution in [-0.4, -0.2) is 13.4 Å². The van der Waals surface area contributed by atoms with Crippen LogP contribution in [0.5, 0.6) is 0 Å². The summed E-state index contributed by atoms with van der Waals surface area (Å²) in [6, 6.07) is 8.28. The van der Waals surface area contributed by atoms with E-state index in [-0.39, 0.29) is 10.7 Å². The first kappa shape index (κ1) is 14.5. The molecule has 0 amide bonds. The molecule has 4 nitrogen and oxygen atoms in total. The van der Waals surface area contributed by atoms with Crippen molar-refractivity contribution in [1.29, 1.82) is 0 Å². The Hall–Kier alpha value is -0.920. The van der Waals surface area contributed by atoms with Gasteiger partial charge >= 0.3 is 0 Å². The number of aromatic nitrogens is 1. The number of sulfonamides is 1. The summed E-state index contributed by atoms with van der Waals surface area (Å²) in [4.78, 5) is 4.24. The van der Waals surface area contributed by atoms with Crippen LogP contribution in [0.1, 0.15) is 5.56 Å². The van der Waals surface area contributed by atoms with Gasteiger partial charge in [-0.15, -0.1) is 0 Å². The van der Waals surface area contributed by atoms with Gasteiger partial charge < -0.3 is 0 Å². The molecule has 19 heavy (non-hydrogen) atoms. The molecule has 1 aromatic heterocycles. The summed E-state index contributed by atoms with van der Waals surface area (Å²) in [5.74, 6) is 0.269. The summed E-state index contributed by atoms with van der Waals surface area (Å²) in [6.07, 6.45) is 1.60. The third-order valence-electron chi connectivity index (χ3n) is 2.32. The molecular formula is C12H10Br2N2O2S. The summed E-state index contributed by atoms with van der Waals surface area (Å²) in [7, 11) is -3.64. The number of hydrogen-bond acceptors (Lipinski definition) is 3. The smallest absolute Gasteiger partial charge is 0.262 e. The van der Waals surface area contributed by atoms with Gasteiger partial charge in [-0.3, -0.25) is 4.72 Å². The van der Waals surface area contributed by atoms with Gasteiger partial charge in [0.15, 0.2) is 5.82 Å². The average molecular weight is 406 g/mol. The first-order valence-electron chi connectivity index (χ1n) is 5.29. The van der Waals surface area contributed by atoms with E-state index in [0.29, 0.717) is 8.95 Å². The summed E-state index contributed by atoms with van der Waals surface area (Å²) in [5, 5.41) is 0. The number of rotatable bonds is 3. The highest BCUT2D eigenvalue weighted by Gasteiger charge is 2.16. The van der Waals surface area contributed by atoms with Crippen LogP contribution in [0.15, 0.2) is 50.4 Å². The number of pyridine rings is 1. The Morgan fingerprint density at radius 2 is 1.95 bits per heavy atom. The lowest BCUT2D eigenvalue weighted by molar-refractivity contribution is 0.601. The van der Waals surface area contributed by atoms with E-state index in [1.54, 1.807) is 24.4 Å². The van der Waals surface area contributed by atoms with Crippen LogP contribution >= 0.6 is 31.9 Å². The maximum absolute atomic E-state index is 12.2. The number of nitrogens with one attached hydrogen (secondary N) is 1. The number of aryl methyl sites for hydroxylation is 1. The van der Waals surface area contributed by atoms with E-state index in [0.717, 1.165) is 5.56 Å². The van der Waals surface area contributed by atoms with Crippen LogP contribution in [0.2, 0.25) is 0 Å². The predicted octanol–water partition coefficient (Wildman–Crippen LogP) is 3.72. The van der Waals surface area contributed by atoms with Crippen molar-refractivity contribution in [2.24, 2.45) is 0 Å². The molecular weight excluding hydrogens is 396 g/mol. The zero-order valence-electron chi connectivity index (χ0n) is 9.89. The van der Waals surface area contributed by atoms with Crippen molar-refractivity contribution in [2.75, 3.05) is 4.72 Å². The molecule has 1 heterocycles. The summed E-state index contributed by atoms with van der Waals surface area (Å²) >= 11 is 6.54. The molecule has 0 saturated carbocycles. The zero-order chi connectivity index (χ0) is 14.0. The molecule has 100 valence electrons. The maximum atomic E-state index is 12.2. The van der Waals surface area contributed by atoms with Crippen LogP contribution in [-0.2, 0) is 10.0 Å². The van der Waals surface area contributed by atoms with Gasteiger partial charge in [-0.25, -0.2) is 13.4 Å². The van der Waals surface area contributed by atoms with Gasteiger partial charge in [0, 0.05) is 10.7 Å². The fraction of sp³-hybridized carbons (Fsp3) is 0.0833. The van der Waals surface area contributed by atoms with Gasteiger partial charge in [-0.1, -0.05) is 22.0 Å². The quantitative estimate of drug-likeness (QED) is 0.846. The molecule has 0 aliphatic rings. The third kappa shape index (κ3) is 3.55. The monoisotopic (exact) mass is 404 g/mol. The van der Waals surface area contributed by atoms with Crippen LogP contribution in [0.4, 0.5) is 5.82 Å². The molecule has 0 bridgehead atoms. The number of halogens is 2. The molecule has 0 unspecified atom stereocenters. The number of hydrogen-bond donors (Lipinski definition) is 1. The zero-order valence-corrected chi connectivity index (χ0v) is 13.9. The standard InChI is InChI=1S/C12H10Br2N2O2S/c1-8-5-11(14)12(15-7-8)16-19(17,18)10-4-2-3-9(13)6-10/h2-7H,1H3,(H,15,16). The molecule has 0 aliphatic carbocycles. The van der Waals surface area contributed by atoms with Gasteiger partial charge in [0.05, 0.1) is 9.37 Å². The molecule has 0 saturated heterocycles. The molecule has 0 radical (unpaired) electrons. The normalized spacial score (nSPS) is 11.3. The molecule has 0 aliphatic heterocycles. The average Bonchev–Trinajstić information content (AvgIpc) is 2.33. The Morgan fingerprint density at radius 1 is 1.21 bits per heavy atom. The first-order chi connectivity index (χ1) is 8.88. The van der Waals surface area contributed by atoms with E-state index < -0.39 is 10.0 Å².